The first kappa shape index (κ1) is 11.2. The quantitative estimate of drug-likeness (QED) is 0.789. The van der Waals surface area contributed by atoms with Crippen LogP contribution in [-0.4, -0.2) is 9.97 Å². The summed E-state index contributed by atoms with van der Waals surface area (Å²) in [6.07, 6.45) is 1.84. The second-order valence-corrected chi connectivity index (χ2v) is 4.34. The van der Waals surface area contributed by atoms with E-state index in [1.807, 2.05) is 31.2 Å². The van der Waals surface area contributed by atoms with Crippen LogP contribution in [0.2, 0.25) is 0 Å². The van der Waals surface area contributed by atoms with Crippen LogP contribution in [0.4, 0.5) is 4.39 Å². The first-order valence-corrected chi connectivity index (χ1v) is 5.66. The van der Waals surface area contributed by atoms with E-state index in [4.69, 9.17) is 0 Å². The third-order valence-electron chi connectivity index (χ3n) is 2.31. The minimum Gasteiger partial charge on any atom is -0.238 e. The van der Waals surface area contributed by atoms with E-state index in [9.17, 15) is 4.39 Å². The number of rotatable bonds is 2. The molecule has 16 heavy (non-hydrogen) atoms. The third kappa shape index (κ3) is 2.44. The number of benzene rings is 1. The van der Waals surface area contributed by atoms with Gasteiger partial charge >= 0.3 is 0 Å². The fourth-order valence-corrected chi connectivity index (χ4v) is 1.72. The summed E-state index contributed by atoms with van der Waals surface area (Å²) in [5, 5.41) is 0. The summed E-state index contributed by atoms with van der Waals surface area (Å²) >= 11 is 3.04. The normalized spacial score (nSPS) is 10.4. The Hall–Kier alpha value is -1.29. The van der Waals surface area contributed by atoms with Gasteiger partial charge in [0.05, 0.1) is 5.69 Å². The lowest BCUT2D eigenvalue weighted by atomic mass is 10.1. The molecule has 0 bridgehead atoms. The van der Waals surface area contributed by atoms with Crippen molar-refractivity contribution >= 4 is 15.9 Å². The second kappa shape index (κ2) is 4.70. The van der Waals surface area contributed by atoms with Crippen LogP contribution in [0.3, 0.4) is 0 Å². The Balaban J connectivity index is 2.27. The number of aromatic nitrogens is 2. The molecular formula is C12H10BrFN2. The number of aryl methyl sites for hydroxylation is 1. The molecule has 2 nitrogen and oxygen atoms in total. The maximum atomic E-state index is 13.6. The minimum atomic E-state index is -0.386. The van der Waals surface area contributed by atoms with Gasteiger partial charge in [0.2, 0.25) is 0 Å². The predicted molar refractivity (Wildman–Crippen MR) is 63.7 cm³/mol. The van der Waals surface area contributed by atoms with Gasteiger partial charge in [-0.25, -0.2) is 14.4 Å². The van der Waals surface area contributed by atoms with Crippen molar-refractivity contribution in [2.75, 3.05) is 0 Å². The van der Waals surface area contributed by atoms with Crippen LogP contribution in [-0.2, 0) is 6.42 Å². The predicted octanol–water partition coefficient (Wildman–Crippen LogP) is 3.28. The molecule has 0 aliphatic heterocycles. The maximum absolute atomic E-state index is 13.6. The molecule has 2 aromatic rings. The molecule has 0 aliphatic carbocycles. The molecule has 0 saturated carbocycles. The maximum Gasteiger partial charge on any atom is 0.177 e. The highest BCUT2D eigenvalue weighted by Gasteiger charge is 2.08. The Morgan fingerprint density at radius 3 is 2.56 bits per heavy atom. The fraction of sp³-hybridized carbons (Fsp3) is 0.167. The molecule has 4 heteroatoms. The molecular weight excluding hydrogens is 271 g/mol. The van der Waals surface area contributed by atoms with E-state index in [0.29, 0.717) is 12.1 Å². The highest BCUT2D eigenvalue weighted by molar-refractivity contribution is 9.10. The summed E-state index contributed by atoms with van der Waals surface area (Å²) in [4.78, 5) is 7.67. The van der Waals surface area contributed by atoms with Crippen LogP contribution in [0, 0.1) is 12.7 Å². The van der Waals surface area contributed by atoms with Crippen molar-refractivity contribution in [3.8, 4) is 0 Å². The van der Waals surface area contributed by atoms with Crippen molar-refractivity contribution in [3.63, 3.8) is 0 Å². The highest BCUT2D eigenvalue weighted by Crippen LogP contribution is 2.16. The number of hydrogen-bond donors (Lipinski definition) is 0. The van der Waals surface area contributed by atoms with Gasteiger partial charge in [-0.15, -0.1) is 0 Å². The Morgan fingerprint density at radius 2 is 1.88 bits per heavy atom. The van der Waals surface area contributed by atoms with Gasteiger partial charge in [0.25, 0.3) is 0 Å². The van der Waals surface area contributed by atoms with Gasteiger partial charge in [0, 0.05) is 6.42 Å². The Labute approximate surface area is 102 Å². The van der Waals surface area contributed by atoms with Crippen molar-refractivity contribution in [1.82, 2.24) is 9.97 Å². The van der Waals surface area contributed by atoms with Gasteiger partial charge in [-0.3, -0.25) is 0 Å². The lowest BCUT2D eigenvalue weighted by Crippen LogP contribution is -1.99. The van der Waals surface area contributed by atoms with Crippen molar-refractivity contribution in [2.45, 2.75) is 13.3 Å². The summed E-state index contributed by atoms with van der Waals surface area (Å²) in [5.41, 5.74) is 2.63. The topological polar surface area (TPSA) is 25.8 Å². The van der Waals surface area contributed by atoms with E-state index in [1.165, 1.54) is 11.9 Å². The molecule has 1 aromatic heterocycles. The van der Waals surface area contributed by atoms with E-state index in [2.05, 4.69) is 25.9 Å². The zero-order chi connectivity index (χ0) is 11.5. The van der Waals surface area contributed by atoms with Crippen molar-refractivity contribution in [1.29, 1.82) is 0 Å². The smallest absolute Gasteiger partial charge is 0.177 e. The lowest BCUT2D eigenvalue weighted by molar-refractivity contribution is 0.587. The van der Waals surface area contributed by atoms with E-state index in [1.54, 1.807) is 0 Å². The molecule has 1 aromatic carbocycles. The zero-order valence-electron chi connectivity index (χ0n) is 8.74. The molecule has 0 atom stereocenters. The molecule has 0 N–H and O–H groups in total. The van der Waals surface area contributed by atoms with Crippen molar-refractivity contribution in [2.24, 2.45) is 0 Å². The second-order valence-electron chi connectivity index (χ2n) is 3.59. The molecule has 0 fully saturated rings. The zero-order valence-corrected chi connectivity index (χ0v) is 10.3. The number of nitrogens with zero attached hydrogens (tertiary/aromatic N) is 2. The molecule has 0 unspecified atom stereocenters. The summed E-state index contributed by atoms with van der Waals surface area (Å²) in [5.74, 6) is -0.386. The molecule has 0 amide bonds. The molecule has 0 aliphatic rings. The lowest BCUT2D eigenvalue weighted by Gasteiger charge is -2.03. The third-order valence-corrected chi connectivity index (χ3v) is 2.86. The first-order chi connectivity index (χ1) is 7.66. The minimum absolute atomic E-state index is 0.213. The largest absolute Gasteiger partial charge is 0.238 e. The number of halogens is 2. The monoisotopic (exact) mass is 280 g/mol. The summed E-state index contributed by atoms with van der Waals surface area (Å²) in [6.45, 7) is 2.02. The Bertz CT molecular complexity index is 497. The van der Waals surface area contributed by atoms with Crippen LogP contribution in [0.15, 0.2) is 35.2 Å². The van der Waals surface area contributed by atoms with E-state index in [-0.39, 0.29) is 10.4 Å². The summed E-state index contributed by atoms with van der Waals surface area (Å²) < 4.78 is 13.8. The molecule has 2 rings (SSSR count). The van der Waals surface area contributed by atoms with Gasteiger partial charge in [-0.2, -0.15) is 0 Å². The molecule has 1 heterocycles. The van der Waals surface area contributed by atoms with Crippen LogP contribution >= 0.6 is 15.9 Å². The van der Waals surface area contributed by atoms with E-state index in [0.717, 1.165) is 5.56 Å². The first-order valence-electron chi connectivity index (χ1n) is 4.87. The summed E-state index contributed by atoms with van der Waals surface area (Å²) in [7, 11) is 0. The molecule has 0 spiro atoms. The van der Waals surface area contributed by atoms with Crippen molar-refractivity contribution < 1.29 is 4.39 Å². The van der Waals surface area contributed by atoms with Gasteiger partial charge in [-0.05, 0) is 28.4 Å². The fourth-order valence-electron chi connectivity index (χ4n) is 1.40. The Morgan fingerprint density at radius 1 is 1.19 bits per heavy atom. The summed E-state index contributed by atoms with van der Waals surface area (Å²) in [6, 6.07) is 7.96. The molecule has 0 radical (unpaired) electrons. The van der Waals surface area contributed by atoms with Crippen LogP contribution in [0.1, 0.15) is 16.8 Å². The standard InChI is InChI=1S/C12H10BrFN2/c1-8-2-4-9(5-3-8)6-10-11(14)12(13)16-7-15-10/h2-5,7H,6H2,1H3. The van der Waals surface area contributed by atoms with Gasteiger partial charge in [0.15, 0.2) is 5.82 Å². The van der Waals surface area contributed by atoms with Crippen LogP contribution in [0.5, 0.6) is 0 Å². The number of hydrogen-bond acceptors (Lipinski definition) is 2. The van der Waals surface area contributed by atoms with Crippen molar-refractivity contribution in [3.05, 3.63) is 57.8 Å². The van der Waals surface area contributed by atoms with Gasteiger partial charge < -0.3 is 0 Å². The van der Waals surface area contributed by atoms with Crippen LogP contribution in [0.25, 0.3) is 0 Å². The van der Waals surface area contributed by atoms with Crippen LogP contribution < -0.4 is 0 Å². The average molecular weight is 281 g/mol. The SMILES string of the molecule is Cc1ccc(Cc2ncnc(Br)c2F)cc1. The van der Waals surface area contributed by atoms with E-state index < -0.39 is 0 Å². The van der Waals surface area contributed by atoms with E-state index >= 15 is 0 Å². The molecule has 82 valence electrons. The van der Waals surface area contributed by atoms with Gasteiger partial charge in [-0.1, -0.05) is 29.8 Å². The average Bonchev–Trinajstić information content (AvgIpc) is 2.28. The Kier molecular flexibility index (Phi) is 3.29. The van der Waals surface area contributed by atoms with Gasteiger partial charge in [0.1, 0.15) is 10.9 Å². The highest BCUT2D eigenvalue weighted by atomic mass is 79.9. The molecule has 0 saturated heterocycles.